The predicted octanol–water partition coefficient (Wildman–Crippen LogP) is 1.15. The Kier molecular flexibility index (Phi) is 8.13. The number of nitrogens with one attached hydrogen (secondary N) is 1. The van der Waals surface area contributed by atoms with Crippen LogP contribution in [0, 0.1) is 11.8 Å². The van der Waals surface area contributed by atoms with Gasteiger partial charge in [-0.2, -0.15) is 0 Å². The number of likely N-dealkylation sites (tertiary alicyclic amines) is 1. The van der Waals surface area contributed by atoms with Gasteiger partial charge < -0.3 is 16.0 Å². The number of carbonyl (C=O) groups is 2. The molecule has 1 rings (SSSR count). The maximum atomic E-state index is 12.4. The molecule has 0 aromatic heterocycles. The van der Waals surface area contributed by atoms with E-state index < -0.39 is 6.04 Å². The molecule has 2 amide bonds. The van der Waals surface area contributed by atoms with E-state index in [1.807, 2.05) is 27.7 Å². The highest BCUT2D eigenvalue weighted by Crippen LogP contribution is 2.13. The van der Waals surface area contributed by atoms with Crippen molar-refractivity contribution in [2.24, 2.45) is 17.6 Å². The summed E-state index contributed by atoms with van der Waals surface area (Å²) in [5, 5.41) is 2.87. The van der Waals surface area contributed by atoms with Gasteiger partial charge in [0.25, 0.3) is 0 Å². The Morgan fingerprint density at radius 1 is 1.30 bits per heavy atom. The second-order valence-corrected chi connectivity index (χ2v) is 6.22. The minimum absolute atomic E-state index is 0. The molecular formula is C14H28ClN3O2. The first-order chi connectivity index (χ1) is 8.81. The van der Waals surface area contributed by atoms with Crippen molar-refractivity contribution in [3.63, 3.8) is 0 Å². The number of nitrogens with two attached hydrogens (primary N) is 1. The quantitative estimate of drug-likeness (QED) is 0.800. The molecule has 1 heterocycles. The second-order valence-electron chi connectivity index (χ2n) is 6.22. The molecule has 5 nitrogen and oxygen atoms in total. The van der Waals surface area contributed by atoms with Crippen LogP contribution in [0.1, 0.15) is 40.5 Å². The lowest BCUT2D eigenvalue weighted by molar-refractivity contribution is -0.137. The van der Waals surface area contributed by atoms with Crippen molar-refractivity contribution in [3.05, 3.63) is 0 Å². The van der Waals surface area contributed by atoms with Crippen molar-refractivity contribution in [3.8, 4) is 0 Å². The zero-order valence-electron chi connectivity index (χ0n) is 12.9. The van der Waals surface area contributed by atoms with Crippen LogP contribution in [0.25, 0.3) is 0 Å². The molecule has 0 aliphatic carbocycles. The smallest absolute Gasteiger partial charge is 0.245 e. The average Bonchev–Trinajstić information content (AvgIpc) is 2.70. The summed E-state index contributed by atoms with van der Waals surface area (Å²) >= 11 is 0. The van der Waals surface area contributed by atoms with E-state index in [1.54, 1.807) is 4.90 Å². The fourth-order valence-corrected chi connectivity index (χ4v) is 2.30. The molecule has 0 spiro atoms. The molecule has 0 bridgehead atoms. The summed E-state index contributed by atoms with van der Waals surface area (Å²) in [5.74, 6) is 0.328. The number of rotatable bonds is 5. The van der Waals surface area contributed by atoms with E-state index in [-0.39, 0.29) is 36.2 Å². The topological polar surface area (TPSA) is 75.4 Å². The Labute approximate surface area is 128 Å². The van der Waals surface area contributed by atoms with Gasteiger partial charge in [-0.15, -0.1) is 12.4 Å². The number of halogens is 1. The van der Waals surface area contributed by atoms with Crippen molar-refractivity contribution in [1.82, 2.24) is 10.2 Å². The molecule has 0 saturated carbocycles. The average molecular weight is 306 g/mol. The van der Waals surface area contributed by atoms with Crippen molar-refractivity contribution < 1.29 is 9.59 Å². The minimum Gasteiger partial charge on any atom is -0.344 e. The maximum Gasteiger partial charge on any atom is 0.245 e. The predicted molar refractivity (Wildman–Crippen MR) is 82.6 cm³/mol. The molecule has 1 unspecified atom stereocenters. The van der Waals surface area contributed by atoms with Crippen LogP contribution in [0.5, 0.6) is 0 Å². The van der Waals surface area contributed by atoms with Crippen molar-refractivity contribution in [2.45, 2.75) is 52.6 Å². The van der Waals surface area contributed by atoms with Gasteiger partial charge in [0.2, 0.25) is 11.8 Å². The van der Waals surface area contributed by atoms with Crippen LogP contribution in [0.3, 0.4) is 0 Å². The molecule has 3 N–H and O–H groups in total. The molecule has 1 saturated heterocycles. The van der Waals surface area contributed by atoms with Gasteiger partial charge in [-0.1, -0.05) is 27.7 Å². The standard InChI is InChI=1S/C14H27N3O2.ClH/c1-9(2)7-12(18)16-13(10(3)4)14(19)17-6-5-11(15)8-17;/h9-11,13H,5-8,15H2,1-4H3,(H,16,18);1H/t11-,13?;/m1./s1. The molecule has 0 aromatic carbocycles. The minimum atomic E-state index is -0.434. The highest BCUT2D eigenvalue weighted by molar-refractivity contribution is 5.88. The van der Waals surface area contributed by atoms with Gasteiger partial charge in [0.1, 0.15) is 6.04 Å². The molecule has 0 radical (unpaired) electrons. The Morgan fingerprint density at radius 3 is 2.30 bits per heavy atom. The SMILES string of the molecule is CC(C)CC(=O)NC(C(=O)N1CC[C@@H](N)C1)C(C)C.Cl. The van der Waals surface area contributed by atoms with E-state index >= 15 is 0 Å². The van der Waals surface area contributed by atoms with Crippen LogP contribution < -0.4 is 11.1 Å². The third-order valence-corrected chi connectivity index (χ3v) is 3.38. The van der Waals surface area contributed by atoms with E-state index in [1.165, 1.54) is 0 Å². The fourth-order valence-electron chi connectivity index (χ4n) is 2.30. The number of carbonyl (C=O) groups excluding carboxylic acids is 2. The highest BCUT2D eigenvalue weighted by Gasteiger charge is 2.32. The Morgan fingerprint density at radius 2 is 1.90 bits per heavy atom. The second kappa shape index (κ2) is 8.47. The van der Waals surface area contributed by atoms with E-state index in [0.717, 1.165) is 6.42 Å². The summed E-state index contributed by atoms with van der Waals surface area (Å²) in [5.41, 5.74) is 5.83. The molecule has 20 heavy (non-hydrogen) atoms. The van der Waals surface area contributed by atoms with Crippen LogP contribution in [-0.2, 0) is 9.59 Å². The molecule has 2 atom stereocenters. The van der Waals surface area contributed by atoms with Crippen LogP contribution >= 0.6 is 12.4 Å². The van der Waals surface area contributed by atoms with Gasteiger partial charge in [-0.3, -0.25) is 9.59 Å². The number of hydrogen-bond acceptors (Lipinski definition) is 3. The molecular weight excluding hydrogens is 278 g/mol. The fraction of sp³-hybridized carbons (Fsp3) is 0.857. The lowest BCUT2D eigenvalue weighted by Crippen LogP contribution is -2.51. The summed E-state index contributed by atoms with van der Waals surface area (Å²) in [6, 6.07) is -0.361. The summed E-state index contributed by atoms with van der Waals surface area (Å²) in [6.07, 6.45) is 1.30. The van der Waals surface area contributed by atoms with E-state index in [0.29, 0.717) is 25.4 Å². The van der Waals surface area contributed by atoms with Gasteiger partial charge in [0, 0.05) is 25.6 Å². The molecule has 1 aliphatic heterocycles. The zero-order valence-corrected chi connectivity index (χ0v) is 13.7. The lowest BCUT2D eigenvalue weighted by atomic mass is 10.0. The van der Waals surface area contributed by atoms with Crippen molar-refractivity contribution >= 4 is 24.2 Å². The highest BCUT2D eigenvalue weighted by atomic mass is 35.5. The molecule has 6 heteroatoms. The zero-order chi connectivity index (χ0) is 14.6. The van der Waals surface area contributed by atoms with Gasteiger partial charge in [-0.25, -0.2) is 0 Å². The molecule has 118 valence electrons. The summed E-state index contributed by atoms with van der Waals surface area (Å²) in [7, 11) is 0. The number of hydrogen-bond donors (Lipinski definition) is 2. The largest absolute Gasteiger partial charge is 0.344 e. The Balaban J connectivity index is 0.00000361. The molecule has 1 aliphatic rings. The van der Waals surface area contributed by atoms with E-state index in [9.17, 15) is 9.59 Å². The van der Waals surface area contributed by atoms with Gasteiger partial charge in [0.15, 0.2) is 0 Å². The third kappa shape index (κ3) is 5.67. The molecule has 1 fully saturated rings. The monoisotopic (exact) mass is 305 g/mol. The number of nitrogens with zero attached hydrogens (tertiary/aromatic N) is 1. The van der Waals surface area contributed by atoms with Crippen molar-refractivity contribution in [2.75, 3.05) is 13.1 Å². The van der Waals surface area contributed by atoms with Crippen LogP contribution in [0.2, 0.25) is 0 Å². The van der Waals surface area contributed by atoms with Crippen LogP contribution in [0.4, 0.5) is 0 Å². The van der Waals surface area contributed by atoms with Crippen LogP contribution in [-0.4, -0.2) is 41.9 Å². The first kappa shape index (κ1) is 19.2. The van der Waals surface area contributed by atoms with Crippen LogP contribution in [0.15, 0.2) is 0 Å². The van der Waals surface area contributed by atoms with Crippen molar-refractivity contribution in [1.29, 1.82) is 0 Å². The van der Waals surface area contributed by atoms with Gasteiger partial charge in [0.05, 0.1) is 0 Å². The Hall–Kier alpha value is -0.810. The number of amides is 2. The summed E-state index contributed by atoms with van der Waals surface area (Å²) < 4.78 is 0. The van der Waals surface area contributed by atoms with E-state index in [4.69, 9.17) is 5.73 Å². The first-order valence-corrected chi connectivity index (χ1v) is 7.15. The maximum absolute atomic E-state index is 12.4. The summed E-state index contributed by atoms with van der Waals surface area (Å²) in [4.78, 5) is 26.0. The first-order valence-electron chi connectivity index (χ1n) is 7.15. The molecule has 0 aromatic rings. The van der Waals surface area contributed by atoms with Gasteiger partial charge >= 0.3 is 0 Å². The lowest BCUT2D eigenvalue weighted by Gasteiger charge is -2.27. The third-order valence-electron chi connectivity index (χ3n) is 3.38. The normalized spacial score (nSPS) is 19.9. The Bertz CT molecular complexity index is 334. The van der Waals surface area contributed by atoms with E-state index in [2.05, 4.69) is 5.32 Å². The van der Waals surface area contributed by atoms with Gasteiger partial charge in [-0.05, 0) is 18.3 Å². The summed E-state index contributed by atoms with van der Waals surface area (Å²) in [6.45, 7) is 9.18.